The standard InChI is InChI=1S/C7H9N3O.ClH/c8-7(9)10-5-1-3-6(11)4-2-5;/h1-4,11H,(H4,8,9,10);1H. The van der Waals surface area contributed by atoms with Gasteiger partial charge in [0.1, 0.15) is 5.75 Å². The van der Waals surface area contributed by atoms with Crippen LogP contribution in [0.5, 0.6) is 5.75 Å². The molecule has 0 aliphatic heterocycles. The number of nitrogens with two attached hydrogens (primary N) is 1. The Labute approximate surface area is 76.3 Å². The molecule has 12 heavy (non-hydrogen) atoms. The molecule has 0 aliphatic rings. The van der Waals surface area contributed by atoms with Gasteiger partial charge in [-0.15, -0.1) is 12.4 Å². The summed E-state index contributed by atoms with van der Waals surface area (Å²) in [6, 6.07) is 6.31. The van der Waals surface area contributed by atoms with Crippen molar-refractivity contribution in [1.82, 2.24) is 0 Å². The van der Waals surface area contributed by atoms with E-state index < -0.39 is 0 Å². The molecule has 0 aromatic heterocycles. The summed E-state index contributed by atoms with van der Waals surface area (Å²) < 4.78 is 0. The number of aromatic hydroxyl groups is 1. The van der Waals surface area contributed by atoms with Crippen molar-refractivity contribution >= 4 is 24.1 Å². The zero-order valence-electron chi connectivity index (χ0n) is 6.24. The number of nitrogens with one attached hydrogen (secondary N) is 2. The highest BCUT2D eigenvalue weighted by atomic mass is 35.5. The van der Waals surface area contributed by atoms with Gasteiger partial charge in [0.25, 0.3) is 0 Å². The molecule has 0 amide bonds. The highest BCUT2D eigenvalue weighted by Gasteiger charge is 1.91. The fourth-order valence-electron chi connectivity index (χ4n) is 0.700. The number of anilines is 1. The highest BCUT2D eigenvalue weighted by molar-refractivity contribution is 5.89. The van der Waals surface area contributed by atoms with Gasteiger partial charge in [-0.1, -0.05) is 0 Å². The Bertz CT molecular complexity index is 260. The van der Waals surface area contributed by atoms with Gasteiger partial charge in [-0.3, -0.25) is 5.41 Å². The Morgan fingerprint density at radius 2 is 1.83 bits per heavy atom. The number of hydrogen-bond donors (Lipinski definition) is 4. The predicted molar refractivity (Wildman–Crippen MR) is 50.9 cm³/mol. The van der Waals surface area contributed by atoms with Crippen molar-refractivity contribution < 1.29 is 5.11 Å². The largest absolute Gasteiger partial charge is 0.508 e. The molecule has 0 saturated heterocycles. The van der Waals surface area contributed by atoms with Crippen LogP contribution < -0.4 is 11.1 Å². The van der Waals surface area contributed by atoms with Crippen LogP contribution in [0.25, 0.3) is 0 Å². The van der Waals surface area contributed by atoms with E-state index in [0.29, 0.717) is 5.69 Å². The van der Waals surface area contributed by atoms with E-state index in [-0.39, 0.29) is 24.1 Å². The number of rotatable bonds is 1. The average molecular weight is 188 g/mol. The smallest absolute Gasteiger partial charge is 0.190 e. The number of benzene rings is 1. The molecule has 0 heterocycles. The minimum Gasteiger partial charge on any atom is -0.508 e. The predicted octanol–water partition coefficient (Wildman–Crippen LogP) is 1.12. The lowest BCUT2D eigenvalue weighted by Gasteiger charge is -2.01. The fraction of sp³-hybridized carbons (Fsp3) is 0. The molecule has 0 spiro atoms. The first-order valence-corrected chi connectivity index (χ1v) is 3.08. The molecule has 0 fully saturated rings. The van der Waals surface area contributed by atoms with Crippen LogP contribution in [-0.4, -0.2) is 11.1 Å². The SMILES string of the molecule is Cl.N=C(N)Nc1ccc(O)cc1. The second-order valence-corrected chi connectivity index (χ2v) is 2.09. The lowest BCUT2D eigenvalue weighted by atomic mass is 10.3. The molecule has 0 bridgehead atoms. The average Bonchev–Trinajstić information content (AvgIpc) is 1.93. The van der Waals surface area contributed by atoms with Crippen LogP contribution in [0.4, 0.5) is 5.69 Å². The van der Waals surface area contributed by atoms with E-state index in [1.54, 1.807) is 12.1 Å². The third-order valence-corrected chi connectivity index (χ3v) is 1.15. The quantitative estimate of drug-likeness (QED) is 0.302. The minimum atomic E-state index is -0.115. The number of guanidine groups is 1. The molecule has 1 rings (SSSR count). The second-order valence-electron chi connectivity index (χ2n) is 2.09. The van der Waals surface area contributed by atoms with Crippen LogP contribution in [0, 0.1) is 5.41 Å². The first-order chi connectivity index (χ1) is 5.18. The van der Waals surface area contributed by atoms with Crippen molar-refractivity contribution in [3.05, 3.63) is 24.3 Å². The van der Waals surface area contributed by atoms with Gasteiger partial charge in [-0.2, -0.15) is 0 Å². The van der Waals surface area contributed by atoms with E-state index in [1.165, 1.54) is 12.1 Å². The Morgan fingerprint density at radius 1 is 1.33 bits per heavy atom. The Morgan fingerprint density at radius 3 is 2.25 bits per heavy atom. The summed E-state index contributed by atoms with van der Waals surface area (Å²) in [5.41, 5.74) is 5.76. The molecule has 4 nitrogen and oxygen atoms in total. The third kappa shape index (κ3) is 3.12. The molecule has 1 aromatic carbocycles. The monoisotopic (exact) mass is 187 g/mol. The molecule has 0 unspecified atom stereocenters. The van der Waals surface area contributed by atoms with E-state index in [0.717, 1.165) is 0 Å². The number of hydrogen-bond acceptors (Lipinski definition) is 2. The lowest BCUT2D eigenvalue weighted by molar-refractivity contribution is 0.475. The fourth-order valence-corrected chi connectivity index (χ4v) is 0.700. The summed E-state index contributed by atoms with van der Waals surface area (Å²) in [5.74, 6) is 0.0785. The summed E-state index contributed by atoms with van der Waals surface area (Å²) in [6.07, 6.45) is 0. The molecular weight excluding hydrogens is 178 g/mol. The van der Waals surface area contributed by atoms with Crippen LogP contribution in [0.3, 0.4) is 0 Å². The van der Waals surface area contributed by atoms with Crippen LogP contribution in [0.1, 0.15) is 0 Å². The van der Waals surface area contributed by atoms with E-state index in [9.17, 15) is 0 Å². The Hall–Kier alpha value is -1.42. The summed E-state index contributed by atoms with van der Waals surface area (Å²) in [4.78, 5) is 0. The van der Waals surface area contributed by atoms with Gasteiger partial charge in [0, 0.05) is 5.69 Å². The van der Waals surface area contributed by atoms with E-state index in [4.69, 9.17) is 16.2 Å². The third-order valence-electron chi connectivity index (χ3n) is 1.15. The van der Waals surface area contributed by atoms with Crippen molar-refractivity contribution in [3.8, 4) is 5.75 Å². The van der Waals surface area contributed by atoms with E-state index in [2.05, 4.69) is 5.32 Å². The van der Waals surface area contributed by atoms with E-state index in [1.807, 2.05) is 0 Å². The lowest BCUT2D eigenvalue weighted by Crippen LogP contribution is -2.20. The van der Waals surface area contributed by atoms with Crippen molar-refractivity contribution in [1.29, 1.82) is 5.41 Å². The number of halogens is 1. The maximum absolute atomic E-state index is 8.88. The number of phenols is 1. The van der Waals surface area contributed by atoms with Crippen LogP contribution in [-0.2, 0) is 0 Å². The Balaban J connectivity index is 0.00000121. The summed E-state index contributed by atoms with van der Waals surface area (Å²) in [6.45, 7) is 0. The minimum absolute atomic E-state index is 0. The summed E-state index contributed by atoms with van der Waals surface area (Å²) >= 11 is 0. The van der Waals surface area contributed by atoms with Crippen molar-refractivity contribution in [2.24, 2.45) is 5.73 Å². The van der Waals surface area contributed by atoms with E-state index >= 15 is 0 Å². The van der Waals surface area contributed by atoms with Gasteiger partial charge in [-0.05, 0) is 24.3 Å². The molecule has 0 aliphatic carbocycles. The zero-order valence-corrected chi connectivity index (χ0v) is 7.06. The van der Waals surface area contributed by atoms with Gasteiger partial charge in [0.2, 0.25) is 0 Å². The summed E-state index contributed by atoms with van der Waals surface area (Å²) in [5, 5.41) is 18.3. The molecule has 5 heteroatoms. The highest BCUT2D eigenvalue weighted by Crippen LogP contribution is 2.12. The van der Waals surface area contributed by atoms with Crippen LogP contribution >= 0.6 is 12.4 Å². The van der Waals surface area contributed by atoms with Gasteiger partial charge in [-0.25, -0.2) is 0 Å². The molecule has 66 valence electrons. The normalized spacial score (nSPS) is 8.33. The van der Waals surface area contributed by atoms with Crippen molar-refractivity contribution in [2.75, 3.05) is 5.32 Å². The van der Waals surface area contributed by atoms with Crippen LogP contribution in [0.2, 0.25) is 0 Å². The van der Waals surface area contributed by atoms with Gasteiger partial charge < -0.3 is 16.2 Å². The zero-order chi connectivity index (χ0) is 8.27. The van der Waals surface area contributed by atoms with Gasteiger partial charge in [0.05, 0.1) is 0 Å². The molecule has 0 saturated carbocycles. The van der Waals surface area contributed by atoms with Gasteiger partial charge >= 0.3 is 0 Å². The van der Waals surface area contributed by atoms with Crippen LogP contribution in [0.15, 0.2) is 24.3 Å². The molecule has 0 atom stereocenters. The number of phenolic OH excluding ortho intramolecular Hbond substituents is 1. The maximum atomic E-state index is 8.88. The van der Waals surface area contributed by atoms with Gasteiger partial charge in [0.15, 0.2) is 5.96 Å². The maximum Gasteiger partial charge on any atom is 0.190 e. The first-order valence-electron chi connectivity index (χ1n) is 3.08. The first kappa shape index (κ1) is 10.6. The topological polar surface area (TPSA) is 82.1 Å². The molecular formula is C7H10ClN3O. The molecule has 0 radical (unpaired) electrons. The second kappa shape index (κ2) is 4.46. The molecule has 1 aromatic rings. The summed E-state index contributed by atoms with van der Waals surface area (Å²) in [7, 11) is 0. The Kier molecular flexibility index (Phi) is 3.93. The van der Waals surface area contributed by atoms with Crippen molar-refractivity contribution in [3.63, 3.8) is 0 Å². The van der Waals surface area contributed by atoms with Crippen molar-refractivity contribution in [2.45, 2.75) is 0 Å². The molecule has 5 N–H and O–H groups in total.